The Balaban J connectivity index is 4.30. The Hall–Kier alpha value is -0.640. The van der Waals surface area contributed by atoms with E-state index in [1.807, 2.05) is 0 Å². The summed E-state index contributed by atoms with van der Waals surface area (Å²) >= 11 is 4.70. The molecule has 0 aliphatic rings. The number of carbonyl (C=O) groups is 1. The van der Waals surface area contributed by atoms with Crippen LogP contribution in [0.3, 0.4) is 0 Å². The SMILES string of the molecule is CCOC(=O)C(C)(C)C(N)=S. The highest BCUT2D eigenvalue weighted by atomic mass is 32.1. The Bertz CT molecular complexity index is 177. The zero-order chi connectivity index (χ0) is 9.07. The van der Waals surface area contributed by atoms with Gasteiger partial charge >= 0.3 is 5.97 Å². The molecule has 0 heterocycles. The monoisotopic (exact) mass is 175 g/mol. The van der Waals surface area contributed by atoms with Gasteiger partial charge in [-0.3, -0.25) is 4.79 Å². The van der Waals surface area contributed by atoms with Crippen molar-refractivity contribution in [2.24, 2.45) is 11.1 Å². The fraction of sp³-hybridized carbons (Fsp3) is 0.714. The van der Waals surface area contributed by atoms with Crippen LogP contribution in [0.15, 0.2) is 0 Å². The fourth-order valence-electron chi connectivity index (χ4n) is 0.412. The molecule has 0 spiro atoms. The molecule has 3 nitrogen and oxygen atoms in total. The summed E-state index contributed by atoms with van der Waals surface area (Å²) in [6, 6.07) is 0. The summed E-state index contributed by atoms with van der Waals surface area (Å²) in [6.07, 6.45) is 0. The van der Waals surface area contributed by atoms with Crippen LogP contribution in [0.2, 0.25) is 0 Å². The van der Waals surface area contributed by atoms with E-state index in [1.165, 1.54) is 0 Å². The van der Waals surface area contributed by atoms with Gasteiger partial charge in [0.25, 0.3) is 0 Å². The largest absolute Gasteiger partial charge is 0.465 e. The molecule has 0 amide bonds. The molecule has 2 N–H and O–H groups in total. The predicted octanol–water partition coefficient (Wildman–Crippen LogP) is 0.862. The third-order valence-corrected chi connectivity index (χ3v) is 1.91. The van der Waals surface area contributed by atoms with Gasteiger partial charge in [-0.2, -0.15) is 0 Å². The van der Waals surface area contributed by atoms with Crippen molar-refractivity contribution in [1.82, 2.24) is 0 Å². The number of rotatable bonds is 3. The topological polar surface area (TPSA) is 52.3 Å². The van der Waals surface area contributed by atoms with Crippen molar-refractivity contribution in [2.75, 3.05) is 6.61 Å². The van der Waals surface area contributed by atoms with Crippen molar-refractivity contribution in [1.29, 1.82) is 0 Å². The normalized spacial score (nSPS) is 10.8. The molecule has 0 radical (unpaired) electrons. The molecular formula is C7H13NO2S. The van der Waals surface area contributed by atoms with Gasteiger partial charge in [0, 0.05) is 0 Å². The molecule has 0 unspecified atom stereocenters. The number of hydrogen-bond acceptors (Lipinski definition) is 3. The molecule has 0 aliphatic heterocycles. The Morgan fingerprint density at radius 3 is 2.36 bits per heavy atom. The van der Waals surface area contributed by atoms with Crippen LogP contribution in [-0.2, 0) is 9.53 Å². The molecule has 11 heavy (non-hydrogen) atoms. The Morgan fingerprint density at radius 2 is 2.09 bits per heavy atom. The van der Waals surface area contributed by atoms with E-state index in [4.69, 9.17) is 22.7 Å². The highest BCUT2D eigenvalue weighted by Gasteiger charge is 2.32. The molecule has 0 saturated heterocycles. The second-order valence-electron chi connectivity index (χ2n) is 2.71. The molecule has 0 aliphatic carbocycles. The smallest absolute Gasteiger partial charge is 0.318 e. The number of hydrogen-bond donors (Lipinski definition) is 1. The quantitative estimate of drug-likeness (QED) is 0.510. The second kappa shape index (κ2) is 3.67. The van der Waals surface area contributed by atoms with Gasteiger partial charge in [-0.05, 0) is 20.8 Å². The lowest BCUT2D eigenvalue weighted by atomic mass is 9.94. The number of nitrogens with two attached hydrogens (primary N) is 1. The first-order chi connectivity index (χ1) is 4.92. The van der Waals surface area contributed by atoms with Crippen LogP contribution in [0.1, 0.15) is 20.8 Å². The molecule has 4 heteroatoms. The van der Waals surface area contributed by atoms with Crippen LogP contribution in [0.5, 0.6) is 0 Å². The molecule has 0 fully saturated rings. The zero-order valence-corrected chi connectivity index (χ0v) is 7.83. The lowest BCUT2D eigenvalue weighted by molar-refractivity contribution is -0.149. The van der Waals surface area contributed by atoms with Gasteiger partial charge in [0.15, 0.2) is 0 Å². The van der Waals surface area contributed by atoms with Gasteiger partial charge in [0.1, 0.15) is 5.41 Å². The number of carbonyl (C=O) groups excluding carboxylic acids is 1. The molecular weight excluding hydrogens is 162 g/mol. The number of esters is 1. The Kier molecular flexibility index (Phi) is 3.45. The van der Waals surface area contributed by atoms with E-state index in [9.17, 15) is 4.79 Å². The summed E-state index contributed by atoms with van der Waals surface area (Å²) in [5.74, 6) is -0.368. The maximum atomic E-state index is 11.1. The van der Waals surface area contributed by atoms with Crippen molar-refractivity contribution < 1.29 is 9.53 Å². The van der Waals surface area contributed by atoms with Gasteiger partial charge in [-0.15, -0.1) is 0 Å². The van der Waals surface area contributed by atoms with Crippen LogP contribution in [-0.4, -0.2) is 17.6 Å². The molecule has 0 bridgehead atoms. The van der Waals surface area contributed by atoms with E-state index in [0.717, 1.165) is 0 Å². The molecule has 0 aromatic heterocycles. The average molecular weight is 175 g/mol. The van der Waals surface area contributed by atoms with Crippen molar-refractivity contribution in [3.8, 4) is 0 Å². The maximum absolute atomic E-state index is 11.1. The zero-order valence-electron chi connectivity index (χ0n) is 7.01. The first-order valence-electron chi connectivity index (χ1n) is 3.40. The first-order valence-corrected chi connectivity index (χ1v) is 3.81. The van der Waals surface area contributed by atoms with E-state index in [1.54, 1.807) is 20.8 Å². The van der Waals surface area contributed by atoms with E-state index < -0.39 is 5.41 Å². The van der Waals surface area contributed by atoms with Crippen LogP contribution in [0.25, 0.3) is 0 Å². The van der Waals surface area contributed by atoms with Crippen molar-refractivity contribution in [3.63, 3.8) is 0 Å². The third kappa shape index (κ3) is 2.46. The molecule has 64 valence electrons. The minimum atomic E-state index is -0.842. The summed E-state index contributed by atoms with van der Waals surface area (Å²) in [7, 11) is 0. The molecule has 0 atom stereocenters. The van der Waals surface area contributed by atoms with Crippen LogP contribution in [0, 0.1) is 5.41 Å². The van der Waals surface area contributed by atoms with Gasteiger partial charge in [-0.1, -0.05) is 12.2 Å². The molecule has 0 aromatic rings. The van der Waals surface area contributed by atoms with E-state index >= 15 is 0 Å². The summed E-state index contributed by atoms with van der Waals surface area (Å²) < 4.78 is 4.76. The molecule has 0 rings (SSSR count). The fourth-order valence-corrected chi connectivity index (χ4v) is 0.495. The summed E-state index contributed by atoms with van der Waals surface area (Å²) in [4.78, 5) is 11.3. The predicted molar refractivity (Wildman–Crippen MR) is 47.2 cm³/mol. The minimum absolute atomic E-state index is 0.163. The van der Waals surface area contributed by atoms with Gasteiger partial charge in [0.2, 0.25) is 0 Å². The van der Waals surface area contributed by atoms with Gasteiger partial charge in [-0.25, -0.2) is 0 Å². The maximum Gasteiger partial charge on any atom is 0.318 e. The summed E-state index contributed by atoms with van der Waals surface area (Å²) in [6.45, 7) is 5.39. The van der Waals surface area contributed by atoms with Crippen LogP contribution in [0.4, 0.5) is 0 Å². The van der Waals surface area contributed by atoms with Gasteiger partial charge < -0.3 is 10.5 Å². The highest BCUT2D eigenvalue weighted by Crippen LogP contribution is 2.17. The summed E-state index contributed by atoms with van der Waals surface area (Å²) in [5.41, 5.74) is 4.49. The average Bonchev–Trinajstić information content (AvgIpc) is 1.88. The standard InChI is InChI=1S/C7H13NO2S/c1-4-10-6(9)7(2,3)5(8)11/h4H2,1-3H3,(H2,8,11). The lowest BCUT2D eigenvalue weighted by Gasteiger charge is -2.19. The highest BCUT2D eigenvalue weighted by molar-refractivity contribution is 7.80. The van der Waals surface area contributed by atoms with Crippen molar-refractivity contribution in [3.05, 3.63) is 0 Å². The van der Waals surface area contributed by atoms with Gasteiger partial charge in [0.05, 0.1) is 11.6 Å². The summed E-state index contributed by atoms with van der Waals surface area (Å²) in [5, 5.41) is 0. The van der Waals surface area contributed by atoms with E-state index in [2.05, 4.69) is 0 Å². The first kappa shape index (κ1) is 10.4. The minimum Gasteiger partial charge on any atom is -0.465 e. The Labute approximate surface area is 71.9 Å². The van der Waals surface area contributed by atoms with Crippen molar-refractivity contribution >= 4 is 23.2 Å². The second-order valence-corrected chi connectivity index (χ2v) is 3.15. The third-order valence-electron chi connectivity index (χ3n) is 1.40. The molecule has 0 aromatic carbocycles. The Morgan fingerprint density at radius 1 is 1.64 bits per heavy atom. The number of ether oxygens (including phenoxy) is 1. The van der Waals surface area contributed by atoms with Crippen molar-refractivity contribution in [2.45, 2.75) is 20.8 Å². The van der Waals surface area contributed by atoms with E-state index in [0.29, 0.717) is 6.61 Å². The van der Waals surface area contributed by atoms with E-state index in [-0.39, 0.29) is 11.0 Å². The lowest BCUT2D eigenvalue weighted by Crippen LogP contribution is -2.38. The number of thiocarbonyl (C=S) groups is 1. The van der Waals surface area contributed by atoms with Crippen LogP contribution < -0.4 is 5.73 Å². The van der Waals surface area contributed by atoms with Crippen LogP contribution >= 0.6 is 12.2 Å². The molecule has 0 saturated carbocycles.